The van der Waals surface area contributed by atoms with E-state index in [0.29, 0.717) is 6.07 Å². The molecule has 0 saturated heterocycles. The second-order valence-electron chi connectivity index (χ2n) is 4.13. The zero-order valence-corrected chi connectivity index (χ0v) is 10.9. The van der Waals surface area contributed by atoms with Gasteiger partial charge in [-0.2, -0.15) is 13.2 Å². The number of carbonyl (C=O) groups is 1. The van der Waals surface area contributed by atoms with Crippen LogP contribution in [0.3, 0.4) is 0 Å². The van der Waals surface area contributed by atoms with E-state index in [9.17, 15) is 26.9 Å². The molecule has 0 aromatic heterocycles. The maximum absolute atomic E-state index is 13.2. The molecule has 0 atom stereocenters. The van der Waals surface area contributed by atoms with E-state index in [1.54, 1.807) is 0 Å². The lowest BCUT2D eigenvalue weighted by molar-refractivity contribution is -0.140. The van der Waals surface area contributed by atoms with Crippen molar-refractivity contribution in [2.45, 2.75) is 19.0 Å². The molecule has 0 bridgehead atoms. The average Bonchev–Trinajstić information content (AvgIpc) is 2.22. The van der Waals surface area contributed by atoms with Crippen LogP contribution in [0.25, 0.3) is 0 Å². The summed E-state index contributed by atoms with van der Waals surface area (Å²) in [5.41, 5.74) is -1.87. The number of halogens is 4. The van der Waals surface area contributed by atoms with Gasteiger partial charge in [0.1, 0.15) is 17.8 Å². The summed E-state index contributed by atoms with van der Waals surface area (Å²) in [7, 11) is -4.54. The molecule has 0 aliphatic carbocycles. The predicted octanol–water partition coefficient (Wildman–Crippen LogP) is 2.52. The number of rotatable bonds is 5. The molecule has 0 amide bonds. The number of hydrogen-bond acceptors (Lipinski definition) is 2. The number of ketones is 1. The summed E-state index contributed by atoms with van der Waals surface area (Å²) in [4.78, 5) is 28.3. The van der Waals surface area contributed by atoms with Gasteiger partial charge in [0.2, 0.25) is 0 Å². The average molecular weight is 314 g/mol. The first-order chi connectivity index (χ1) is 9.00. The summed E-state index contributed by atoms with van der Waals surface area (Å²) in [5.74, 6) is -2.33. The number of carbonyl (C=O) groups excluding carboxylic acids is 1. The van der Waals surface area contributed by atoms with E-state index in [-0.39, 0.29) is 0 Å². The Bertz CT molecular complexity index is 550. The molecule has 2 N–H and O–H groups in total. The van der Waals surface area contributed by atoms with Gasteiger partial charge < -0.3 is 9.79 Å². The second-order valence-corrected chi connectivity index (χ2v) is 5.78. The molecule has 0 spiro atoms. The molecule has 1 aromatic carbocycles. The molecule has 20 heavy (non-hydrogen) atoms. The largest absolute Gasteiger partial charge is 0.419 e. The maximum Gasteiger partial charge on any atom is 0.419 e. The first kappa shape index (κ1) is 16.8. The molecule has 0 aliphatic heterocycles. The number of benzene rings is 1. The quantitative estimate of drug-likeness (QED) is 0.647. The van der Waals surface area contributed by atoms with E-state index in [1.807, 2.05) is 0 Å². The van der Waals surface area contributed by atoms with Gasteiger partial charge in [-0.05, 0) is 18.1 Å². The van der Waals surface area contributed by atoms with Crippen LogP contribution in [0, 0.1) is 5.82 Å². The molecule has 4 nitrogen and oxygen atoms in total. The zero-order valence-electron chi connectivity index (χ0n) is 10.0. The van der Waals surface area contributed by atoms with Crippen LogP contribution in [0.4, 0.5) is 17.6 Å². The van der Waals surface area contributed by atoms with Gasteiger partial charge in [0.05, 0.1) is 5.56 Å². The van der Waals surface area contributed by atoms with E-state index in [1.165, 1.54) is 0 Å². The Kier molecular flexibility index (Phi) is 5.07. The lowest BCUT2D eigenvalue weighted by atomic mass is 10.0. The number of Topliss-reactive ketones (excluding diaryl/α,β-unsaturated/α-hetero) is 1. The fourth-order valence-corrected chi connectivity index (χ4v) is 2.30. The van der Waals surface area contributed by atoms with Crippen LogP contribution >= 0.6 is 7.60 Å². The number of aryl methyl sites for hydroxylation is 1. The van der Waals surface area contributed by atoms with Crippen LogP contribution in [-0.2, 0) is 22.0 Å². The van der Waals surface area contributed by atoms with Crippen molar-refractivity contribution in [3.63, 3.8) is 0 Å². The van der Waals surface area contributed by atoms with Crippen LogP contribution in [0.5, 0.6) is 0 Å². The summed E-state index contributed by atoms with van der Waals surface area (Å²) in [6.07, 6.45) is -6.88. The highest BCUT2D eigenvalue weighted by molar-refractivity contribution is 7.52. The summed E-state index contributed by atoms with van der Waals surface area (Å²) >= 11 is 0. The van der Waals surface area contributed by atoms with E-state index in [4.69, 9.17) is 9.79 Å². The minimum Gasteiger partial charge on any atom is -0.324 e. The molecule has 9 heteroatoms. The Morgan fingerprint density at radius 2 is 1.85 bits per heavy atom. The molecule has 0 unspecified atom stereocenters. The minimum absolute atomic E-state index is 0.420. The van der Waals surface area contributed by atoms with Crippen LogP contribution in [0.15, 0.2) is 18.2 Å². The van der Waals surface area contributed by atoms with Crippen molar-refractivity contribution in [2.24, 2.45) is 0 Å². The highest BCUT2D eigenvalue weighted by atomic mass is 31.2. The first-order valence-corrected chi connectivity index (χ1v) is 7.21. The third kappa shape index (κ3) is 5.03. The second kappa shape index (κ2) is 6.03. The lowest BCUT2D eigenvalue weighted by Gasteiger charge is -2.13. The van der Waals surface area contributed by atoms with E-state index in [2.05, 4.69) is 0 Å². The SMILES string of the molecule is O=C(CCc1cccc(F)c1C(F)(F)F)CP(=O)(O)O. The van der Waals surface area contributed by atoms with Crippen molar-refractivity contribution >= 4 is 13.4 Å². The van der Waals surface area contributed by atoms with Gasteiger partial charge in [-0.25, -0.2) is 4.39 Å². The lowest BCUT2D eigenvalue weighted by Crippen LogP contribution is -2.14. The highest BCUT2D eigenvalue weighted by Crippen LogP contribution is 2.36. The Hall–Kier alpha value is -1.24. The molecule has 1 rings (SSSR count). The number of hydrogen-bond donors (Lipinski definition) is 2. The third-order valence-corrected chi connectivity index (χ3v) is 3.20. The van der Waals surface area contributed by atoms with Crippen LogP contribution in [0.2, 0.25) is 0 Å². The predicted molar refractivity (Wildman–Crippen MR) is 61.6 cm³/mol. The molecule has 0 heterocycles. The molecule has 112 valence electrons. The van der Waals surface area contributed by atoms with Gasteiger partial charge >= 0.3 is 13.8 Å². The maximum atomic E-state index is 13.2. The van der Waals surface area contributed by atoms with Crippen molar-refractivity contribution in [1.29, 1.82) is 0 Å². The van der Waals surface area contributed by atoms with E-state index in [0.717, 1.165) is 12.1 Å². The van der Waals surface area contributed by atoms with E-state index < -0.39 is 55.5 Å². The third-order valence-electron chi connectivity index (χ3n) is 2.44. The molecular weight excluding hydrogens is 303 g/mol. The van der Waals surface area contributed by atoms with Gasteiger partial charge in [-0.3, -0.25) is 9.36 Å². The Balaban J connectivity index is 2.87. The van der Waals surface area contributed by atoms with Gasteiger partial charge in [-0.15, -0.1) is 0 Å². The fraction of sp³-hybridized carbons (Fsp3) is 0.364. The smallest absolute Gasteiger partial charge is 0.324 e. The molecule has 0 saturated carbocycles. The van der Waals surface area contributed by atoms with Gasteiger partial charge in [0, 0.05) is 6.42 Å². The minimum atomic E-state index is -4.90. The Morgan fingerprint density at radius 1 is 1.25 bits per heavy atom. The van der Waals surface area contributed by atoms with Crippen LogP contribution in [-0.4, -0.2) is 21.7 Å². The van der Waals surface area contributed by atoms with Crippen molar-refractivity contribution in [2.75, 3.05) is 6.16 Å². The monoisotopic (exact) mass is 314 g/mol. The zero-order chi connectivity index (χ0) is 15.6. The molecule has 0 radical (unpaired) electrons. The Morgan fingerprint density at radius 3 is 2.35 bits per heavy atom. The van der Waals surface area contributed by atoms with Crippen LogP contribution < -0.4 is 0 Å². The van der Waals surface area contributed by atoms with Crippen molar-refractivity contribution in [3.8, 4) is 0 Å². The molecular formula is C11H11F4O4P. The normalized spacial score (nSPS) is 12.5. The van der Waals surface area contributed by atoms with Crippen molar-refractivity contribution in [1.82, 2.24) is 0 Å². The van der Waals surface area contributed by atoms with E-state index >= 15 is 0 Å². The van der Waals surface area contributed by atoms with Gasteiger partial charge in [0.25, 0.3) is 0 Å². The van der Waals surface area contributed by atoms with Crippen molar-refractivity contribution in [3.05, 3.63) is 35.1 Å². The molecule has 0 fully saturated rings. The Labute approximate surface area is 111 Å². The summed E-state index contributed by atoms with van der Waals surface area (Å²) in [5, 5.41) is 0. The first-order valence-electron chi connectivity index (χ1n) is 5.41. The van der Waals surface area contributed by atoms with Crippen molar-refractivity contribution < 1.29 is 36.7 Å². The summed E-state index contributed by atoms with van der Waals surface area (Å²) in [6, 6.07) is 2.76. The fourth-order valence-electron chi connectivity index (χ4n) is 1.68. The van der Waals surface area contributed by atoms with Crippen LogP contribution in [0.1, 0.15) is 17.5 Å². The highest BCUT2D eigenvalue weighted by Gasteiger charge is 2.36. The van der Waals surface area contributed by atoms with Gasteiger partial charge in [0.15, 0.2) is 0 Å². The molecule has 1 aromatic rings. The molecule has 0 aliphatic rings. The topological polar surface area (TPSA) is 74.6 Å². The number of alkyl halides is 3. The van der Waals surface area contributed by atoms with Gasteiger partial charge in [-0.1, -0.05) is 12.1 Å². The summed E-state index contributed by atoms with van der Waals surface area (Å²) < 4.78 is 61.7. The summed E-state index contributed by atoms with van der Waals surface area (Å²) in [6.45, 7) is 0. The standard InChI is InChI=1S/C11H11F4O4P/c12-9-3-1-2-7(10(9)11(13,14)15)4-5-8(16)6-20(17,18)19/h1-3H,4-6H2,(H2,17,18,19).